The van der Waals surface area contributed by atoms with Crippen LogP contribution in [0.1, 0.15) is 43.6 Å². The first-order valence-corrected chi connectivity index (χ1v) is 8.37. The molecule has 0 aromatic heterocycles. The van der Waals surface area contributed by atoms with Crippen molar-refractivity contribution in [2.45, 2.75) is 45.6 Å². The lowest BCUT2D eigenvalue weighted by Crippen LogP contribution is -2.39. The van der Waals surface area contributed by atoms with Crippen LogP contribution in [0.2, 0.25) is 0 Å². The van der Waals surface area contributed by atoms with Crippen molar-refractivity contribution in [3.63, 3.8) is 0 Å². The summed E-state index contributed by atoms with van der Waals surface area (Å²) in [5, 5.41) is 9.14. The first-order chi connectivity index (χ1) is 9.59. The number of hydrogen-bond donors (Lipinski definition) is 1. The van der Waals surface area contributed by atoms with E-state index in [0.29, 0.717) is 6.54 Å². The molecule has 0 aliphatic rings. The molecular weight excluding hydrogens is 290 g/mol. The molecule has 1 N–H and O–H groups in total. The molecule has 0 radical (unpaired) electrons. The molecule has 0 saturated heterocycles. The van der Waals surface area contributed by atoms with E-state index in [1.165, 1.54) is 29.4 Å². The summed E-state index contributed by atoms with van der Waals surface area (Å²) in [5.74, 6) is -0.936. The summed E-state index contributed by atoms with van der Waals surface area (Å²) in [6.45, 7) is 9.46. The largest absolute Gasteiger partial charge is 0.478 e. The predicted molar refractivity (Wildman–Crippen MR) is 82.0 cm³/mol. The Balaban J connectivity index is 3.42. The Labute approximate surface area is 126 Å². The van der Waals surface area contributed by atoms with Crippen LogP contribution >= 0.6 is 0 Å². The van der Waals surface area contributed by atoms with Crippen molar-refractivity contribution in [3.8, 4) is 0 Å². The summed E-state index contributed by atoms with van der Waals surface area (Å²) in [6.07, 6.45) is 0. The fraction of sp³-hybridized carbons (Fsp3) is 0.533. The van der Waals surface area contributed by atoms with Crippen LogP contribution in [0, 0.1) is 12.8 Å². The van der Waals surface area contributed by atoms with Gasteiger partial charge in [-0.15, -0.1) is 0 Å². The molecule has 1 aromatic carbocycles. The molecule has 1 rings (SSSR count). The molecule has 1 aromatic rings. The van der Waals surface area contributed by atoms with Gasteiger partial charge in [-0.3, -0.25) is 0 Å². The lowest BCUT2D eigenvalue weighted by atomic mass is 10.1. The summed E-state index contributed by atoms with van der Waals surface area (Å²) >= 11 is 0. The molecule has 21 heavy (non-hydrogen) atoms. The third-order valence-corrected chi connectivity index (χ3v) is 5.41. The molecule has 5 nitrogen and oxygen atoms in total. The SMILES string of the molecule is Cc1c(C(=O)O)cccc1S(=O)(=O)N(CC(C)C)C(C)C. The smallest absolute Gasteiger partial charge is 0.335 e. The standard InChI is InChI=1S/C15H23NO4S/c1-10(2)9-16(11(3)4)21(19,20)14-8-6-7-13(12(14)5)15(17)18/h6-8,10-11H,9H2,1-5H3,(H,17,18). The number of rotatable bonds is 6. The molecule has 0 amide bonds. The monoisotopic (exact) mass is 313 g/mol. The minimum Gasteiger partial charge on any atom is -0.478 e. The zero-order chi connectivity index (χ0) is 16.4. The van der Waals surface area contributed by atoms with Gasteiger partial charge >= 0.3 is 5.97 Å². The maximum Gasteiger partial charge on any atom is 0.335 e. The summed E-state index contributed by atoms with van der Waals surface area (Å²) in [6, 6.07) is 4.16. The van der Waals surface area contributed by atoms with Gasteiger partial charge in [-0.05, 0) is 44.4 Å². The van der Waals surface area contributed by atoms with Crippen molar-refractivity contribution in [2.75, 3.05) is 6.54 Å². The number of sulfonamides is 1. The van der Waals surface area contributed by atoms with E-state index in [1.54, 1.807) is 0 Å². The third kappa shape index (κ3) is 3.83. The Morgan fingerprint density at radius 1 is 1.24 bits per heavy atom. The Morgan fingerprint density at radius 3 is 2.24 bits per heavy atom. The van der Waals surface area contributed by atoms with E-state index in [-0.39, 0.29) is 28.0 Å². The minimum atomic E-state index is -3.71. The highest BCUT2D eigenvalue weighted by molar-refractivity contribution is 7.89. The zero-order valence-corrected chi connectivity index (χ0v) is 13.9. The highest BCUT2D eigenvalue weighted by atomic mass is 32.2. The number of carboxylic acid groups (broad SMARTS) is 1. The van der Waals surface area contributed by atoms with Crippen LogP contribution in [-0.2, 0) is 10.0 Å². The van der Waals surface area contributed by atoms with E-state index in [1.807, 2.05) is 27.7 Å². The van der Waals surface area contributed by atoms with Gasteiger partial charge in [-0.2, -0.15) is 4.31 Å². The Bertz CT molecular complexity index is 621. The first-order valence-electron chi connectivity index (χ1n) is 6.93. The van der Waals surface area contributed by atoms with Gasteiger partial charge in [0.25, 0.3) is 0 Å². The predicted octanol–water partition coefficient (Wildman–Crippen LogP) is 2.75. The second-order valence-electron chi connectivity index (χ2n) is 5.80. The van der Waals surface area contributed by atoms with Crippen LogP contribution in [0.15, 0.2) is 23.1 Å². The molecule has 0 heterocycles. The molecule has 0 spiro atoms. The van der Waals surface area contributed by atoms with E-state index in [0.717, 1.165) is 0 Å². The van der Waals surface area contributed by atoms with Crippen LogP contribution in [0.4, 0.5) is 0 Å². The molecular formula is C15H23NO4S. The van der Waals surface area contributed by atoms with Crippen LogP contribution in [0.25, 0.3) is 0 Å². The normalized spacial score (nSPS) is 12.4. The number of aromatic carboxylic acids is 1. The topological polar surface area (TPSA) is 74.7 Å². The number of carbonyl (C=O) groups is 1. The lowest BCUT2D eigenvalue weighted by molar-refractivity contribution is 0.0696. The lowest BCUT2D eigenvalue weighted by Gasteiger charge is -2.28. The number of nitrogens with zero attached hydrogens (tertiary/aromatic N) is 1. The summed E-state index contributed by atoms with van der Waals surface area (Å²) in [7, 11) is -3.71. The Morgan fingerprint density at radius 2 is 1.81 bits per heavy atom. The van der Waals surface area contributed by atoms with Crippen molar-refractivity contribution in [1.29, 1.82) is 0 Å². The molecule has 0 aliphatic heterocycles. The zero-order valence-electron chi connectivity index (χ0n) is 13.1. The van der Waals surface area contributed by atoms with Gasteiger partial charge in [0.05, 0.1) is 10.5 Å². The molecule has 6 heteroatoms. The molecule has 0 fully saturated rings. The van der Waals surface area contributed by atoms with Crippen molar-refractivity contribution >= 4 is 16.0 Å². The van der Waals surface area contributed by atoms with Gasteiger partial charge in [0, 0.05) is 12.6 Å². The highest BCUT2D eigenvalue weighted by Gasteiger charge is 2.30. The maximum absolute atomic E-state index is 12.8. The van der Waals surface area contributed by atoms with E-state index in [9.17, 15) is 13.2 Å². The number of hydrogen-bond acceptors (Lipinski definition) is 3. The van der Waals surface area contributed by atoms with Crippen LogP contribution in [-0.4, -0.2) is 36.4 Å². The van der Waals surface area contributed by atoms with E-state index in [2.05, 4.69) is 0 Å². The highest BCUT2D eigenvalue weighted by Crippen LogP contribution is 2.25. The van der Waals surface area contributed by atoms with Gasteiger partial charge in [-0.25, -0.2) is 13.2 Å². The van der Waals surface area contributed by atoms with Gasteiger partial charge in [-0.1, -0.05) is 19.9 Å². The number of carboxylic acids is 1. The average molecular weight is 313 g/mol. The second-order valence-corrected chi connectivity index (χ2v) is 7.66. The van der Waals surface area contributed by atoms with Gasteiger partial charge in [0.15, 0.2) is 0 Å². The van der Waals surface area contributed by atoms with Crippen molar-refractivity contribution in [1.82, 2.24) is 4.31 Å². The van der Waals surface area contributed by atoms with Gasteiger partial charge in [0.1, 0.15) is 0 Å². The van der Waals surface area contributed by atoms with Crippen molar-refractivity contribution in [3.05, 3.63) is 29.3 Å². The van der Waals surface area contributed by atoms with Crippen LogP contribution in [0.3, 0.4) is 0 Å². The van der Waals surface area contributed by atoms with E-state index < -0.39 is 16.0 Å². The maximum atomic E-state index is 12.8. The second kappa shape index (κ2) is 6.58. The van der Waals surface area contributed by atoms with Gasteiger partial charge < -0.3 is 5.11 Å². The molecule has 0 saturated carbocycles. The van der Waals surface area contributed by atoms with E-state index >= 15 is 0 Å². The fourth-order valence-electron chi connectivity index (χ4n) is 2.20. The van der Waals surface area contributed by atoms with Crippen molar-refractivity contribution in [2.24, 2.45) is 5.92 Å². The molecule has 0 unspecified atom stereocenters. The van der Waals surface area contributed by atoms with E-state index in [4.69, 9.17) is 5.11 Å². The third-order valence-electron chi connectivity index (χ3n) is 3.22. The molecule has 0 aliphatic carbocycles. The average Bonchev–Trinajstić information content (AvgIpc) is 2.34. The fourth-order valence-corrected chi connectivity index (χ4v) is 4.25. The molecule has 0 atom stereocenters. The summed E-state index contributed by atoms with van der Waals surface area (Å²) in [4.78, 5) is 11.2. The first kappa shape index (κ1) is 17.7. The Kier molecular flexibility index (Phi) is 5.53. The Hall–Kier alpha value is -1.40. The molecule has 118 valence electrons. The van der Waals surface area contributed by atoms with Gasteiger partial charge in [0.2, 0.25) is 10.0 Å². The summed E-state index contributed by atoms with van der Waals surface area (Å²) < 4.78 is 27.1. The van der Waals surface area contributed by atoms with Crippen molar-refractivity contribution < 1.29 is 18.3 Å². The quantitative estimate of drug-likeness (QED) is 0.876. The molecule has 0 bridgehead atoms. The number of benzene rings is 1. The van der Waals surface area contributed by atoms with Crippen LogP contribution in [0.5, 0.6) is 0 Å². The van der Waals surface area contributed by atoms with Crippen LogP contribution < -0.4 is 0 Å². The summed E-state index contributed by atoms with van der Waals surface area (Å²) in [5.41, 5.74) is 0.295. The minimum absolute atomic E-state index is 0.0179.